The van der Waals surface area contributed by atoms with Gasteiger partial charge in [-0.25, -0.2) is 13.8 Å². The zero-order chi connectivity index (χ0) is 19.8. The molecule has 4 aromatic rings. The Kier molecular flexibility index (Phi) is 4.55. The van der Waals surface area contributed by atoms with Gasteiger partial charge in [0.2, 0.25) is 5.78 Å². The van der Waals surface area contributed by atoms with Gasteiger partial charge in [0, 0.05) is 16.8 Å². The number of aromatic nitrogens is 3. The molecule has 0 aliphatic rings. The van der Waals surface area contributed by atoms with E-state index in [2.05, 4.69) is 4.98 Å². The van der Waals surface area contributed by atoms with Gasteiger partial charge in [0.05, 0.1) is 17.6 Å². The SMILES string of the molecule is CCCc1c(C)n(CC(=O)c2ccc(F)cc2)c2nc3ccccc3n2c1=O. The summed E-state index contributed by atoms with van der Waals surface area (Å²) in [6.07, 6.45) is 1.44. The second-order valence-corrected chi connectivity index (χ2v) is 6.87. The molecule has 0 radical (unpaired) electrons. The number of nitrogens with zero attached hydrogens (tertiary/aromatic N) is 3. The minimum Gasteiger partial charge on any atom is -0.307 e. The molecule has 28 heavy (non-hydrogen) atoms. The topological polar surface area (TPSA) is 56.4 Å². The monoisotopic (exact) mass is 377 g/mol. The van der Waals surface area contributed by atoms with Crippen molar-refractivity contribution in [1.82, 2.24) is 14.0 Å². The average molecular weight is 377 g/mol. The largest absolute Gasteiger partial charge is 0.307 e. The Balaban J connectivity index is 1.94. The van der Waals surface area contributed by atoms with Gasteiger partial charge >= 0.3 is 0 Å². The molecule has 0 amide bonds. The second-order valence-electron chi connectivity index (χ2n) is 6.87. The highest BCUT2D eigenvalue weighted by molar-refractivity contribution is 5.96. The smallest absolute Gasteiger partial charge is 0.262 e. The normalized spacial score (nSPS) is 11.4. The number of rotatable bonds is 5. The molecule has 0 saturated heterocycles. The summed E-state index contributed by atoms with van der Waals surface area (Å²) in [4.78, 5) is 30.6. The lowest BCUT2D eigenvalue weighted by molar-refractivity contribution is 0.0972. The van der Waals surface area contributed by atoms with E-state index >= 15 is 0 Å². The number of carbonyl (C=O) groups excluding carboxylic acids is 1. The lowest BCUT2D eigenvalue weighted by Crippen LogP contribution is -2.27. The summed E-state index contributed by atoms with van der Waals surface area (Å²) < 4.78 is 16.6. The fourth-order valence-electron chi connectivity index (χ4n) is 3.59. The van der Waals surface area contributed by atoms with Crippen LogP contribution in [0.3, 0.4) is 0 Å². The predicted molar refractivity (Wildman–Crippen MR) is 106 cm³/mol. The van der Waals surface area contributed by atoms with Gasteiger partial charge in [0.15, 0.2) is 5.78 Å². The Morgan fingerprint density at radius 3 is 2.54 bits per heavy atom. The van der Waals surface area contributed by atoms with Gasteiger partial charge in [-0.1, -0.05) is 25.5 Å². The Labute approximate surface area is 161 Å². The molecule has 2 heterocycles. The van der Waals surface area contributed by atoms with Crippen molar-refractivity contribution in [3.63, 3.8) is 0 Å². The molecule has 0 saturated carbocycles. The van der Waals surface area contributed by atoms with Crippen LogP contribution in [0.4, 0.5) is 4.39 Å². The molecule has 5 nitrogen and oxygen atoms in total. The van der Waals surface area contributed by atoms with E-state index in [9.17, 15) is 14.0 Å². The number of hydrogen-bond acceptors (Lipinski definition) is 3. The number of para-hydroxylation sites is 2. The predicted octanol–water partition coefficient (Wildman–Crippen LogP) is 3.93. The summed E-state index contributed by atoms with van der Waals surface area (Å²) in [5.41, 5.74) is 3.19. The quantitative estimate of drug-likeness (QED) is 0.495. The first kappa shape index (κ1) is 18.1. The van der Waals surface area contributed by atoms with E-state index in [1.807, 2.05) is 38.1 Å². The molecule has 142 valence electrons. The zero-order valence-corrected chi connectivity index (χ0v) is 15.8. The lowest BCUT2D eigenvalue weighted by Gasteiger charge is -2.15. The summed E-state index contributed by atoms with van der Waals surface area (Å²) in [5.74, 6) is -0.106. The maximum Gasteiger partial charge on any atom is 0.262 e. The van der Waals surface area contributed by atoms with Gasteiger partial charge in [-0.3, -0.25) is 9.59 Å². The third-order valence-electron chi connectivity index (χ3n) is 5.06. The van der Waals surface area contributed by atoms with Crippen molar-refractivity contribution in [1.29, 1.82) is 0 Å². The Hall–Kier alpha value is -3.28. The lowest BCUT2D eigenvalue weighted by atomic mass is 10.1. The van der Waals surface area contributed by atoms with E-state index in [0.29, 0.717) is 28.8 Å². The van der Waals surface area contributed by atoms with Crippen LogP contribution >= 0.6 is 0 Å². The molecule has 4 rings (SSSR count). The van der Waals surface area contributed by atoms with Crippen LogP contribution in [0.15, 0.2) is 53.3 Å². The number of hydrogen-bond donors (Lipinski definition) is 0. The van der Waals surface area contributed by atoms with Crippen LogP contribution in [0.2, 0.25) is 0 Å². The molecular weight excluding hydrogens is 357 g/mol. The fourth-order valence-corrected chi connectivity index (χ4v) is 3.59. The highest BCUT2D eigenvalue weighted by atomic mass is 19.1. The summed E-state index contributed by atoms with van der Waals surface area (Å²) in [7, 11) is 0. The van der Waals surface area contributed by atoms with Crippen LogP contribution in [0.25, 0.3) is 16.8 Å². The number of halogens is 1. The second kappa shape index (κ2) is 7.03. The number of fused-ring (bicyclic) bond motifs is 3. The van der Waals surface area contributed by atoms with E-state index in [1.54, 1.807) is 8.97 Å². The summed E-state index contributed by atoms with van der Waals surface area (Å²) in [6.45, 7) is 3.90. The molecule has 0 unspecified atom stereocenters. The van der Waals surface area contributed by atoms with Crippen molar-refractivity contribution in [2.24, 2.45) is 0 Å². The molecule has 6 heteroatoms. The van der Waals surface area contributed by atoms with Crippen LogP contribution in [0, 0.1) is 12.7 Å². The van der Waals surface area contributed by atoms with Crippen LogP contribution < -0.4 is 5.56 Å². The highest BCUT2D eigenvalue weighted by Gasteiger charge is 2.19. The van der Waals surface area contributed by atoms with Crippen LogP contribution in [0.1, 0.15) is 35.0 Å². The highest BCUT2D eigenvalue weighted by Crippen LogP contribution is 2.19. The average Bonchev–Trinajstić information content (AvgIpc) is 3.08. The Bertz CT molecular complexity index is 1250. The molecule has 2 aromatic carbocycles. The third-order valence-corrected chi connectivity index (χ3v) is 5.06. The standard InChI is InChI=1S/C22H20FN3O2/c1-3-6-17-14(2)25(13-20(27)15-9-11-16(23)12-10-15)22-24-18-7-4-5-8-19(18)26(22)21(17)28/h4-5,7-12H,3,6,13H2,1-2H3. The van der Waals surface area contributed by atoms with Crippen LogP contribution in [-0.4, -0.2) is 19.7 Å². The molecule has 0 aliphatic carbocycles. The van der Waals surface area contributed by atoms with Crippen molar-refractivity contribution in [3.05, 3.63) is 81.5 Å². The van der Waals surface area contributed by atoms with Crippen LogP contribution in [-0.2, 0) is 13.0 Å². The number of Topliss-reactive ketones (excluding diaryl/α,β-unsaturated/α-hetero) is 1. The first-order chi connectivity index (χ1) is 13.5. The van der Waals surface area contributed by atoms with Crippen LogP contribution in [0.5, 0.6) is 0 Å². The van der Waals surface area contributed by atoms with E-state index in [4.69, 9.17) is 0 Å². The minimum atomic E-state index is -0.386. The fraction of sp³-hybridized carbons (Fsp3) is 0.227. The Morgan fingerprint density at radius 2 is 1.82 bits per heavy atom. The van der Waals surface area contributed by atoms with Gasteiger partial charge in [-0.15, -0.1) is 0 Å². The minimum absolute atomic E-state index is 0.0290. The molecule has 0 bridgehead atoms. The zero-order valence-electron chi connectivity index (χ0n) is 15.8. The summed E-state index contributed by atoms with van der Waals surface area (Å²) in [5, 5.41) is 0. The first-order valence-electron chi connectivity index (χ1n) is 9.29. The van der Waals surface area contributed by atoms with Gasteiger partial charge in [0.1, 0.15) is 5.82 Å². The van der Waals surface area contributed by atoms with E-state index in [1.165, 1.54) is 24.3 Å². The maximum atomic E-state index is 13.2. The molecule has 0 N–H and O–H groups in total. The van der Waals surface area contributed by atoms with E-state index in [-0.39, 0.29) is 23.7 Å². The van der Waals surface area contributed by atoms with Crippen molar-refractivity contribution in [3.8, 4) is 0 Å². The van der Waals surface area contributed by atoms with Gasteiger partial charge < -0.3 is 4.57 Å². The van der Waals surface area contributed by atoms with E-state index < -0.39 is 0 Å². The molecule has 0 aliphatic heterocycles. The molecule has 0 atom stereocenters. The number of carbonyl (C=O) groups is 1. The molecule has 0 fully saturated rings. The van der Waals surface area contributed by atoms with Crippen molar-refractivity contribution < 1.29 is 9.18 Å². The molecular formula is C22H20FN3O2. The van der Waals surface area contributed by atoms with Gasteiger partial charge in [-0.05, 0) is 49.7 Å². The third kappa shape index (κ3) is 2.91. The van der Waals surface area contributed by atoms with Gasteiger partial charge in [0.25, 0.3) is 5.56 Å². The summed E-state index contributed by atoms with van der Waals surface area (Å²) in [6, 6.07) is 12.9. The number of ketones is 1. The maximum absolute atomic E-state index is 13.2. The van der Waals surface area contributed by atoms with Crippen molar-refractivity contribution >= 4 is 22.6 Å². The Morgan fingerprint density at radius 1 is 1.11 bits per heavy atom. The van der Waals surface area contributed by atoms with E-state index in [0.717, 1.165) is 17.6 Å². The number of imidazole rings is 1. The summed E-state index contributed by atoms with van der Waals surface area (Å²) >= 11 is 0. The molecule has 2 aromatic heterocycles. The first-order valence-corrected chi connectivity index (χ1v) is 9.29. The molecule has 0 spiro atoms. The van der Waals surface area contributed by atoms with Gasteiger partial charge in [-0.2, -0.15) is 0 Å². The van der Waals surface area contributed by atoms with Crippen molar-refractivity contribution in [2.45, 2.75) is 33.2 Å². The number of benzene rings is 2. The van der Waals surface area contributed by atoms with Crippen molar-refractivity contribution in [2.75, 3.05) is 0 Å².